The van der Waals surface area contributed by atoms with E-state index in [0.29, 0.717) is 17.7 Å². The topological polar surface area (TPSA) is 61.4 Å². The molecule has 154 valence electrons. The Morgan fingerprint density at radius 3 is 2.73 bits per heavy atom. The van der Waals surface area contributed by atoms with Crippen LogP contribution in [0.4, 0.5) is 0 Å². The number of para-hydroxylation sites is 1. The van der Waals surface area contributed by atoms with E-state index in [-0.39, 0.29) is 11.7 Å². The third-order valence-electron chi connectivity index (χ3n) is 5.61. The van der Waals surface area contributed by atoms with E-state index >= 15 is 0 Å². The Balaban J connectivity index is 1.59. The maximum absolute atomic E-state index is 13.3. The molecule has 7 heteroatoms. The first kappa shape index (κ1) is 19.3. The van der Waals surface area contributed by atoms with Crippen LogP contribution in [0.5, 0.6) is 0 Å². The highest BCUT2D eigenvalue weighted by Gasteiger charge is 2.19. The highest BCUT2D eigenvalue weighted by atomic mass is 32.2. The van der Waals surface area contributed by atoms with Crippen LogP contribution in [0.1, 0.15) is 30.4 Å². The zero-order valence-electron chi connectivity index (χ0n) is 17.0. The van der Waals surface area contributed by atoms with Gasteiger partial charge in [0, 0.05) is 12.4 Å². The summed E-state index contributed by atoms with van der Waals surface area (Å²) in [6.07, 6.45) is 3.69. The van der Waals surface area contributed by atoms with Gasteiger partial charge in [0.15, 0.2) is 5.16 Å². The second-order valence-corrected chi connectivity index (χ2v) is 8.80. The lowest BCUT2D eigenvalue weighted by Gasteiger charge is -2.21. The molecule has 0 saturated carbocycles. The Morgan fingerprint density at radius 1 is 1.10 bits per heavy atom. The number of nitrogens with zero attached hydrogens (tertiary/aromatic N) is 4. The van der Waals surface area contributed by atoms with Gasteiger partial charge in [-0.1, -0.05) is 53.7 Å². The molecule has 6 nitrogen and oxygen atoms in total. The van der Waals surface area contributed by atoms with Crippen LogP contribution in [0.2, 0.25) is 0 Å². The van der Waals surface area contributed by atoms with Gasteiger partial charge in [-0.3, -0.25) is 13.8 Å². The first-order chi connectivity index (χ1) is 14.7. The number of thioether (sulfide) groups is 1. The average molecular weight is 421 g/mol. The first-order valence-electron chi connectivity index (χ1n) is 10.4. The monoisotopic (exact) mass is 420 g/mol. The van der Waals surface area contributed by atoms with Gasteiger partial charge in [-0.15, -0.1) is 10.2 Å². The number of aromatic nitrogens is 4. The number of fused-ring (bicyclic) bond motifs is 3. The minimum Gasteiger partial charge on any atom is -0.377 e. The van der Waals surface area contributed by atoms with E-state index in [1.165, 1.54) is 12.0 Å². The molecule has 1 aliphatic heterocycles. The van der Waals surface area contributed by atoms with Gasteiger partial charge in [0.2, 0.25) is 5.78 Å². The SMILES string of the molecule is Cc1ccc(Cn2c(=O)c3ccccc3n3c(SCC4CCCCO4)nnc23)cc1. The quantitative estimate of drug-likeness (QED) is 0.456. The number of hydrogen-bond acceptors (Lipinski definition) is 5. The van der Waals surface area contributed by atoms with E-state index in [1.54, 1.807) is 16.3 Å². The molecule has 2 aromatic carbocycles. The summed E-state index contributed by atoms with van der Waals surface area (Å²) in [5.41, 5.74) is 3.06. The van der Waals surface area contributed by atoms with Crippen LogP contribution in [0.3, 0.4) is 0 Å². The fraction of sp³-hybridized carbons (Fsp3) is 0.348. The van der Waals surface area contributed by atoms with E-state index in [2.05, 4.69) is 41.4 Å². The molecule has 3 heterocycles. The molecule has 0 bridgehead atoms. The Hall–Kier alpha value is -2.64. The molecular formula is C23H24N4O2S. The number of aryl methyl sites for hydroxylation is 1. The lowest BCUT2D eigenvalue weighted by Crippen LogP contribution is -2.24. The third kappa shape index (κ3) is 3.63. The summed E-state index contributed by atoms with van der Waals surface area (Å²) < 4.78 is 9.61. The maximum atomic E-state index is 13.3. The second-order valence-electron chi connectivity index (χ2n) is 7.81. The number of hydrogen-bond donors (Lipinski definition) is 0. The average Bonchev–Trinajstić information content (AvgIpc) is 3.21. The van der Waals surface area contributed by atoms with Crippen molar-refractivity contribution in [2.24, 2.45) is 0 Å². The largest absolute Gasteiger partial charge is 0.377 e. The highest BCUT2D eigenvalue weighted by molar-refractivity contribution is 7.99. The van der Waals surface area contributed by atoms with Gasteiger partial charge < -0.3 is 4.74 Å². The van der Waals surface area contributed by atoms with E-state index in [4.69, 9.17) is 4.74 Å². The van der Waals surface area contributed by atoms with Gasteiger partial charge in [0.25, 0.3) is 5.56 Å². The molecular weight excluding hydrogens is 396 g/mol. The van der Waals surface area contributed by atoms with Crippen molar-refractivity contribution < 1.29 is 4.74 Å². The number of rotatable bonds is 5. The summed E-state index contributed by atoms with van der Waals surface area (Å²) in [5, 5.41) is 10.3. The van der Waals surface area contributed by atoms with Gasteiger partial charge in [-0.05, 0) is 43.9 Å². The van der Waals surface area contributed by atoms with E-state index in [0.717, 1.165) is 41.4 Å². The summed E-state index contributed by atoms with van der Waals surface area (Å²) in [6.45, 7) is 3.36. The summed E-state index contributed by atoms with van der Waals surface area (Å²) in [7, 11) is 0. The summed E-state index contributed by atoms with van der Waals surface area (Å²) >= 11 is 1.65. The van der Waals surface area contributed by atoms with E-state index in [9.17, 15) is 4.79 Å². The van der Waals surface area contributed by atoms with Gasteiger partial charge in [-0.2, -0.15) is 0 Å². The first-order valence-corrected chi connectivity index (χ1v) is 11.4. The molecule has 0 amide bonds. The van der Waals surface area contributed by atoms with Crippen LogP contribution in [0.25, 0.3) is 16.7 Å². The minimum atomic E-state index is -0.0433. The van der Waals surface area contributed by atoms with Gasteiger partial charge in [-0.25, -0.2) is 0 Å². The second kappa shape index (κ2) is 8.24. The standard InChI is InChI=1S/C23H24N4O2S/c1-16-9-11-17(12-10-16)14-26-21(28)19-7-2-3-8-20(19)27-22(26)24-25-23(27)30-15-18-6-4-5-13-29-18/h2-3,7-12,18H,4-6,13-15H2,1H3. The summed E-state index contributed by atoms with van der Waals surface area (Å²) in [5.74, 6) is 1.41. The van der Waals surface area contributed by atoms with Crippen molar-refractivity contribution in [3.05, 3.63) is 70.0 Å². The van der Waals surface area contributed by atoms with Crippen molar-refractivity contribution in [2.45, 2.75) is 44.0 Å². The smallest absolute Gasteiger partial charge is 0.263 e. The zero-order valence-corrected chi connectivity index (χ0v) is 17.8. The molecule has 1 saturated heterocycles. The Labute approximate surface area is 178 Å². The van der Waals surface area contributed by atoms with Crippen molar-refractivity contribution in [2.75, 3.05) is 12.4 Å². The molecule has 2 aromatic heterocycles. The van der Waals surface area contributed by atoms with Crippen molar-refractivity contribution in [3.8, 4) is 0 Å². The summed E-state index contributed by atoms with van der Waals surface area (Å²) in [6, 6.07) is 15.9. The Kier molecular flexibility index (Phi) is 5.31. The van der Waals surface area contributed by atoms with E-state index < -0.39 is 0 Å². The maximum Gasteiger partial charge on any atom is 0.263 e. The summed E-state index contributed by atoms with van der Waals surface area (Å²) in [4.78, 5) is 13.3. The van der Waals surface area contributed by atoms with Crippen molar-refractivity contribution in [1.29, 1.82) is 0 Å². The molecule has 5 rings (SSSR count). The molecule has 0 spiro atoms. The number of ether oxygens (including phenoxy) is 1. The van der Waals surface area contributed by atoms with Crippen LogP contribution in [0.15, 0.2) is 58.5 Å². The highest BCUT2D eigenvalue weighted by Crippen LogP contribution is 2.25. The Bertz CT molecular complexity index is 1240. The van der Waals surface area contributed by atoms with Crippen LogP contribution in [-0.2, 0) is 11.3 Å². The predicted octanol–water partition coefficient (Wildman–Crippen LogP) is 4.06. The molecule has 0 N–H and O–H groups in total. The lowest BCUT2D eigenvalue weighted by atomic mass is 10.1. The van der Waals surface area contributed by atoms with Gasteiger partial charge in [0.1, 0.15) is 0 Å². The molecule has 1 aliphatic rings. The van der Waals surface area contributed by atoms with Gasteiger partial charge >= 0.3 is 0 Å². The normalized spacial score (nSPS) is 17.0. The zero-order chi connectivity index (χ0) is 20.5. The fourth-order valence-corrected chi connectivity index (χ4v) is 4.96. The van der Waals surface area contributed by atoms with Crippen LogP contribution in [-0.4, -0.2) is 37.6 Å². The number of benzene rings is 2. The van der Waals surface area contributed by atoms with Crippen LogP contribution in [0, 0.1) is 6.92 Å². The Morgan fingerprint density at radius 2 is 1.93 bits per heavy atom. The molecule has 1 unspecified atom stereocenters. The van der Waals surface area contributed by atoms with E-state index in [1.807, 2.05) is 28.7 Å². The molecule has 0 aliphatic carbocycles. The van der Waals surface area contributed by atoms with Crippen molar-refractivity contribution >= 4 is 28.4 Å². The minimum absolute atomic E-state index is 0.0433. The molecule has 0 radical (unpaired) electrons. The molecule has 4 aromatic rings. The van der Waals surface area contributed by atoms with Crippen molar-refractivity contribution in [1.82, 2.24) is 19.2 Å². The third-order valence-corrected chi connectivity index (χ3v) is 6.67. The lowest BCUT2D eigenvalue weighted by molar-refractivity contribution is 0.0315. The molecule has 30 heavy (non-hydrogen) atoms. The van der Waals surface area contributed by atoms with Crippen LogP contribution < -0.4 is 5.56 Å². The van der Waals surface area contributed by atoms with Crippen LogP contribution >= 0.6 is 11.8 Å². The molecule has 1 fully saturated rings. The predicted molar refractivity (Wildman–Crippen MR) is 119 cm³/mol. The van der Waals surface area contributed by atoms with Gasteiger partial charge in [0.05, 0.1) is 23.6 Å². The molecule has 1 atom stereocenters. The van der Waals surface area contributed by atoms with Crippen molar-refractivity contribution in [3.63, 3.8) is 0 Å². The fourth-order valence-electron chi connectivity index (χ4n) is 3.95.